The molecular formula is C24H21N3O3. The van der Waals surface area contributed by atoms with E-state index in [2.05, 4.69) is 10.6 Å². The summed E-state index contributed by atoms with van der Waals surface area (Å²) >= 11 is 0. The van der Waals surface area contributed by atoms with E-state index in [1.807, 2.05) is 84.9 Å². The van der Waals surface area contributed by atoms with Gasteiger partial charge in [-0.15, -0.1) is 0 Å². The van der Waals surface area contributed by atoms with E-state index in [-0.39, 0.29) is 12.5 Å². The number of hydroxylamine groups is 1. The summed E-state index contributed by atoms with van der Waals surface area (Å²) in [6.45, 7) is 0.267. The van der Waals surface area contributed by atoms with Crippen molar-refractivity contribution in [1.82, 2.24) is 15.3 Å². The molecule has 1 heterocycles. The maximum absolute atomic E-state index is 12.9. The topological polar surface area (TPSA) is 65.4 Å². The average Bonchev–Trinajstić information content (AvgIpc) is 3.26. The maximum atomic E-state index is 12.9. The molecule has 4 rings (SSSR count). The van der Waals surface area contributed by atoms with Crippen LogP contribution >= 0.6 is 0 Å². The number of methoxy groups -OCH3 is 1. The van der Waals surface area contributed by atoms with E-state index in [4.69, 9.17) is 9.57 Å². The number of benzene rings is 3. The number of para-hydroxylation sites is 2. The molecular weight excluding hydrogens is 378 g/mol. The van der Waals surface area contributed by atoms with Crippen LogP contribution in [0.1, 0.15) is 15.9 Å². The molecule has 150 valence electrons. The van der Waals surface area contributed by atoms with Crippen molar-refractivity contribution in [2.24, 2.45) is 0 Å². The van der Waals surface area contributed by atoms with Gasteiger partial charge in [-0.3, -0.25) is 9.63 Å². The molecule has 0 bridgehead atoms. The standard InChI is InChI=1S/C24H21N3O3/c1-29-22-15-9-8-14-20(22)23-21(16-27(25-23)19-12-6-3-7-13-19)24(28)26-30-17-18-10-4-2-5-11-18/h2-16H,17H2,1H3,(H,26,28). The van der Waals surface area contributed by atoms with Crippen molar-refractivity contribution in [1.29, 1.82) is 0 Å². The first kappa shape index (κ1) is 19.4. The third-order valence-electron chi connectivity index (χ3n) is 4.59. The highest BCUT2D eigenvalue weighted by Crippen LogP contribution is 2.31. The van der Waals surface area contributed by atoms with Gasteiger partial charge in [-0.25, -0.2) is 10.2 Å². The van der Waals surface area contributed by atoms with Gasteiger partial charge in [0.1, 0.15) is 11.4 Å². The monoisotopic (exact) mass is 399 g/mol. The van der Waals surface area contributed by atoms with Crippen LogP contribution in [0.3, 0.4) is 0 Å². The summed E-state index contributed by atoms with van der Waals surface area (Å²) < 4.78 is 7.15. The molecule has 0 atom stereocenters. The summed E-state index contributed by atoms with van der Waals surface area (Å²) in [5.41, 5.74) is 5.95. The Morgan fingerprint density at radius 2 is 1.60 bits per heavy atom. The maximum Gasteiger partial charge on any atom is 0.278 e. The van der Waals surface area contributed by atoms with Gasteiger partial charge < -0.3 is 4.74 Å². The Kier molecular flexibility index (Phi) is 5.87. The van der Waals surface area contributed by atoms with Gasteiger partial charge >= 0.3 is 0 Å². The number of carbonyl (C=O) groups is 1. The van der Waals surface area contributed by atoms with Crippen LogP contribution in [0.2, 0.25) is 0 Å². The Morgan fingerprint density at radius 1 is 0.933 bits per heavy atom. The van der Waals surface area contributed by atoms with Gasteiger partial charge in [0.2, 0.25) is 0 Å². The molecule has 0 spiro atoms. The first-order chi connectivity index (χ1) is 14.8. The van der Waals surface area contributed by atoms with Gasteiger partial charge in [-0.05, 0) is 29.8 Å². The van der Waals surface area contributed by atoms with Crippen molar-refractivity contribution in [3.8, 4) is 22.7 Å². The summed E-state index contributed by atoms with van der Waals surface area (Å²) in [6, 6.07) is 26.7. The molecule has 1 N–H and O–H groups in total. The molecule has 0 aliphatic heterocycles. The summed E-state index contributed by atoms with van der Waals surface area (Å²) in [4.78, 5) is 18.4. The zero-order valence-corrected chi connectivity index (χ0v) is 16.5. The lowest BCUT2D eigenvalue weighted by Crippen LogP contribution is -2.23. The van der Waals surface area contributed by atoms with Gasteiger partial charge in [0.25, 0.3) is 5.91 Å². The molecule has 0 aliphatic rings. The number of ether oxygens (including phenoxy) is 1. The Morgan fingerprint density at radius 3 is 2.33 bits per heavy atom. The van der Waals surface area contributed by atoms with Crippen molar-refractivity contribution < 1.29 is 14.4 Å². The summed E-state index contributed by atoms with van der Waals surface area (Å²) in [6.07, 6.45) is 1.69. The van der Waals surface area contributed by atoms with Crippen LogP contribution in [-0.4, -0.2) is 22.8 Å². The average molecular weight is 399 g/mol. The lowest BCUT2D eigenvalue weighted by Gasteiger charge is -2.08. The number of aromatic nitrogens is 2. The van der Waals surface area contributed by atoms with E-state index in [1.54, 1.807) is 18.0 Å². The molecule has 0 aliphatic carbocycles. The lowest BCUT2D eigenvalue weighted by molar-refractivity contribution is 0.0234. The largest absolute Gasteiger partial charge is 0.496 e. The number of rotatable bonds is 7. The van der Waals surface area contributed by atoms with Gasteiger partial charge in [0.15, 0.2) is 0 Å². The minimum Gasteiger partial charge on any atom is -0.496 e. The van der Waals surface area contributed by atoms with Crippen LogP contribution in [0.25, 0.3) is 16.9 Å². The number of nitrogens with one attached hydrogen (secondary N) is 1. The van der Waals surface area contributed by atoms with Gasteiger partial charge in [0.05, 0.1) is 25.0 Å². The fourth-order valence-corrected chi connectivity index (χ4v) is 3.11. The quantitative estimate of drug-likeness (QED) is 0.468. The molecule has 0 saturated carbocycles. The van der Waals surface area contributed by atoms with Crippen LogP contribution in [-0.2, 0) is 11.4 Å². The zero-order valence-electron chi connectivity index (χ0n) is 16.5. The normalized spacial score (nSPS) is 10.6. The molecule has 0 radical (unpaired) electrons. The fraction of sp³-hybridized carbons (Fsp3) is 0.0833. The molecule has 30 heavy (non-hydrogen) atoms. The molecule has 4 aromatic rings. The highest BCUT2D eigenvalue weighted by molar-refractivity contribution is 6.00. The van der Waals surface area contributed by atoms with Crippen LogP contribution in [0.5, 0.6) is 5.75 Å². The molecule has 3 aromatic carbocycles. The molecule has 0 saturated heterocycles. The first-order valence-corrected chi connectivity index (χ1v) is 9.51. The molecule has 1 amide bonds. The third kappa shape index (κ3) is 4.24. The van der Waals surface area contributed by atoms with Gasteiger partial charge in [0, 0.05) is 11.8 Å². The predicted octanol–water partition coefficient (Wildman–Crippen LogP) is 4.41. The second-order valence-electron chi connectivity index (χ2n) is 6.58. The van der Waals surface area contributed by atoms with Gasteiger partial charge in [-0.1, -0.05) is 60.7 Å². The fourth-order valence-electron chi connectivity index (χ4n) is 3.11. The van der Waals surface area contributed by atoms with Crippen molar-refractivity contribution in [2.45, 2.75) is 6.61 Å². The zero-order chi connectivity index (χ0) is 20.8. The Bertz CT molecular complexity index is 1120. The van der Waals surface area contributed by atoms with E-state index in [0.29, 0.717) is 17.0 Å². The third-order valence-corrected chi connectivity index (χ3v) is 4.59. The number of hydrogen-bond acceptors (Lipinski definition) is 4. The number of hydrogen-bond donors (Lipinski definition) is 1. The van der Waals surface area contributed by atoms with Crippen LogP contribution < -0.4 is 10.2 Å². The first-order valence-electron chi connectivity index (χ1n) is 9.51. The Labute approximate surface area is 174 Å². The lowest BCUT2D eigenvalue weighted by atomic mass is 10.1. The van der Waals surface area contributed by atoms with Crippen molar-refractivity contribution >= 4 is 5.91 Å². The van der Waals surface area contributed by atoms with Crippen LogP contribution in [0.4, 0.5) is 0 Å². The molecule has 0 unspecified atom stereocenters. The van der Waals surface area contributed by atoms with E-state index in [1.165, 1.54) is 0 Å². The van der Waals surface area contributed by atoms with Crippen molar-refractivity contribution in [3.05, 3.63) is 102 Å². The minimum absolute atomic E-state index is 0.267. The molecule has 6 heteroatoms. The summed E-state index contributed by atoms with van der Waals surface area (Å²) in [5, 5.41) is 4.67. The summed E-state index contributed by atoms with van der Waals surface area (Å²) in [7, 11) is 1.59. The van der Waals surface area contributed by atoms with Crippen LogP contribution in [0.15, 0.2) is 91.1 Å². The van der Waals surface area contributed by atoms with E-state index >= 15 is 0 Å². The SMILES string of the molecule is COc1ccccc1-c1nn(-c2ccccc2)cc1C(=O)NOCc1ccccc1. The Balaban J connectivity index is 1.65. The highest BCUT2D eigenvalue weighted by atomic mass is 16.6. The minimum atomic E-state index is -0.381. The number of amides is 1. The number of carbonyl (C=O) groups excluding carboxylic acids is 1. The Hall–Kier alpha value is -3.90. The van der Waals surface area contributed by atoms with Gasteiger partial charge in [-0.2, -0.15) is 5.10 Å². The molecule has 0 fully saturated rings. The number of nitrogens with zero attached hydrogens (tertiary/aromatic N) is 2. The second kappa shape index (κ2) is 9.07. The van der Waals surface area contributed by atoms with E-state index < -0.39 is 0 Å². The van der Waals surface area contributed by atoms with E-state index in [9.17, 15) is 4.79 Å². The van der Waals surface area contributed by atoms with Crippen molar-refractivity contribution in [2.75, 3.05) is 7.11 Å². The van der Waals surface area contributed by atoms with Crippen molar-refractivity contribution in [3.63, 3.8) is 0 Å². The second-order valence-corrected chi connectivity index (χ2v) is 6.58. The smallest absolute Gasteiger partial charge is 0.278 e. The van der Waals surface area contributed by atoms with Crippen LogP contribution in [0, 0.1) is 0 Å². The van der Waals surface area contributed by atoms with E-state index in [0.717, 1.165) is 16.8 Å². The molecule has 1 aromatic heterocycles. The molecule has 6 nitrogen and oxygen atoms in total. The summed E-state index contributed by atoms with van der Waals surface area (Å²) in [5.74, 6) is 0.254. The highest BCUT2D eigenvalue weighted by Gasteiger charge is 2.21. The predicted molar refractivity (Wildman–Crippen MR) is 114 cm³/mol.